The zero-order valence-corrected chi connectivity index (χ0v) is 6.15. The first-order valence-electron chi connectivity index (χ1n) is 3.27. The van der Waals surface area contributed by atoms with Crippen molar-refractivity contribution < 1.29 is 14.8 Å². The number of hydrogen-bond donors (Lipinski definition) is 2. The normalized spacial score (nSPS) is 9.08. The van der Waals surface area contributed by atoms with Gasteiger partial charge in [0.25, 0.3) is 5.91 Å². The highest BCUT2D eigenvalue weighted by molar-refractivity contribution is 5.94. The van der Waals surface area contributed by atoms with Gasteiger partial charge in [-0.25, -0.2) is 5.48 Å². The van der Waals surface area contributed by atoms with Gasteiger partial charge in [0.05, 0.1) is 0 Å². The van der Waals surface area contributed by atoms with Gasteiger partial charge in [-0.05, 0) is 12.1 Å². The highest BCUT2D eigenvalue weighted by Crippen LogP contribution is 2.02. The van der Waals surface area contributed by atoms with Crippen LogP contribution in [0.3, 0.4) is 0 Å². The molecule has 0 aliphatic rings. The van der Waals surface area contributed by atoms with E-state index in [1.165, 1.54) is 17.6 Å². The molecule has 1 aromatic carbocycles. The lowest BCUT2D eigenvalue weighted by molar-refractivity contribution is 0.0706. The van der Waals surface area contributed by atoms with Gasteiger partial charge in [0, 0.05) is 11.1 Å². The molecule has 0 saturated heterocycles. The first-order valence-corrected chi connectivity index (χ1v) is 3.27. The second-order valence-corrected chi connectivity index (χ2v) is 2.18. The first kappa shape index (κ1) is 8.42. The van der Waals surface area contributed by atoms with E-state index in [9.17, 15) is 9.59 Å². The lowest BCUT2D eigenvalue weighted by Crippen LogP contribution is -2.18. The van der Waals surface area contributed by atoms with Crippen molar-refractivity contribution >= 4 is 12.2 Å². The SMILES string of the molecule is O=Cc1cccc(C(=O)NO)c1. The zero-order chi connectivity index (χ0) is 8.97. The summed E-state index contributed by atoms with van der Waals surface area (Å²) in [5.74, 6) is -0.626. The smallest absolute Gasteiger partial charge is 0.274 e. The third-order valence-electron chi connectivity index (χ3n) is 1.39. The highest BCUT2D eigenvalue weighted by Gasteiger charge is 2.02. The second kappa shape index (κ2) is 3.64. The van der Waals surface area contributed by atoms with Crippen LogP contribution in [0.15, 0.2) is 24.3 Å². The Morgan fingerprint density at radius 2 is 2.25 bits per heavy atom. The second-order valence-electron chi connectivity index (χ2n) is 2.18. The molecule has 0 saturated carbocycles. The monoisotopic (exact) mass is 165 g/mol. The Morgan fingerprint density at radius 3 is 2.83 bits per heavy atom. The van der Waals surface area contributed by atoms with Crippen LogP contribution in [0.25, 0.3) is 0 Å². The molecule has 0 fully saturated rings. The molecule has 0 atom stereocenters. The van der Waals surface area contributed by atoms with Gasteiger partial charge >= 0.3 is 0 Å². The fourth-order valence-electron chi connectivity index (χ4n) is 0.818. The van der Waals surface area contributed by atoms with Gasteiger partial charge in [0.1, 0.15) is 6.29 Å². The molecule has 0 bridgehead atoms. The molecular weight excluding hydrogens is 158 g/mol. The molecule has 1 rings (SSSR count). The van der Waals surface area contributed by atoms with Crippen molar-refractivity contribution in [2.24, 2.45) is 0 Å². The van der Waals surface area contributed by atoms with Gasteiger partial charge in [0.2, 0.25) is 0 Å². The minimum absolute atomic E-state index is 0.252. The summed E-state index contributed by atoms with van der Waals surface area (Å²) in [7, 11) is 0. The molecule has 4 nitrogen and oxygen atoms in total. The summed E-state index contributed by atoms with van der Waals surface area (Å²) in [5.41, 5.74) is 2.13. The minimum atomic E-state index is -0.626. The number of rotatable bonds is 2. The van der Waals surface area contributed by atoms with Crippen LogP contribution in [-0.4, -0.2) is 17.4 Å². The number of aldehydes is 1. The maximum absolute atomic E-state index is 10.8. The van der Waals surface area contributed by atoms with Gasteiger partial charge in [-0.3, -0.25) is 14.8 Å². The maximum Gasteiger partial charge on any atom is 0.274 e. The molecule has 0 unspecified atom stereocenters. The molecule has 0 heterocycles. The van der Waals surface area contributed by atoms with Crippen LogP contribution >= 0.6 is 0 Å². The summed E-state index contributed by atoms with van der Waals surface area (Å²) in [6, 6.07) is 6.02. The van der Waals surface area contributed by atoms with E-state index in [-0.39, 0.29) is 5.56 Å². The number of carbonyl (C=O) groups is 2. The van der Waals surface area contributed by atoms with Crippen molar-refractivity contribution in [1.82, 2.24) is 5.48 Å². The van der Waals surface area contributed by atoms with Crippen molar-refractivity contribution in [2.45, 2.75) is 0 Å². The molecule has 0 spiro atoms. The number of amides is 1. The van der Waals surface area contributed by atoms with E-state index >= 15 is 0 Å². The molecule has 1 aromatic rings. The Balaban J connectivity index is 3.01. The van der Waals surface area contributed by atoms with E-state index in [0.29, 0.717) is 11.8 Å². The number of nitrogens with one attached hydrogen (secondary N) is 1. The fraction of sp³-hybridized carbons (Fsp3) is 0. The Bertz CT molecular complexity index is 309. The van der Waals surface area contributed by atoms with Gasteiger partial charge in [0.15, 0.2) is 0 Å². The minimum Gasteiger partial charge on any atom is -0.298 e. The molecular formula is C8H7NO3. The number of hydroxylamine groups is 1. The quantitative estimate of drug-likeness (QED) is 0.383. The summed E-state index contributed by atoms with van der Waals surface area (Å²) in [6.45, 7) is 0. The molecule has 62 valence electrons. The van der Waals surface area contributed by atoms with E-state index in [1.54, 1.807) is 12.1 Å². The average Bonchev–Trinajstić information content (AvgIpc) is 2.17. The first-order chi connectivity index (χ1) is 5.77. The van der Waals surface area contributed by atoms with Crippen LogP contribution in [0.2, 0.25) is 0 Å². The van der Waals surface area contributed by atoms with Gasteiger partial charge in [-0.1, -0.05) is 12.1 Å². The van der Waals surface area contributed by atoms with Crippen LogP contribution in [0.1, 0.15) is 20.7 Å². The lowest BCUT2D eigenvalue weighted by Gasteiger charge is -1.97. The van der Waals surface area contributed by atoms with Crippen LogP contribution in [0.5, 0.6) is 0 Å². The molecule has 0 aliphatic carbocycles. The van der Waals surface area contributed by atoms with Crippen molar-refractivity contribution in [3.63, 3.8) is 0 Å². The fourth-order valence-corrected chi connectivity index (χ4v) is 0.818. The van der Waals surface area contributed by atoms with Crippen LogP contribution in [0.4, 0.5) is 0 Å². The molecule has 2 N–H and O–H groups in total. The highest BCUT2D eigenvalue weighted by atomic mass is 16.5. The third-order valence-corrected chi connectivity index (χ3v) is 1.39. The Hall–Kier alpha value is -1.68. The van der Waals surface area contributed by atoms with Gasteiger partial charge in [-0.2, -0.15) is 0 Å². The summed E-state index contributed by atoms with van der Waals surface area (Å²) >= 11 is 0. The summed E-state index contributed by atoms with van der Waals surface area (Å²) in [4.78, 5) is 21.1. The van der Waals surface area contributed by atoms with Crippen LogP contribution in [0, 0.1) is 0 Å². The van der Waals surface area contributed by atoms with Crippen molar-refractivity contribution in [3.05, 3.63) is 35.4 Å². The largest absolute Gasteiger partial charge is 0.298 e. The lowest BCUT2D eigenvalue weighted by atomic mass is 10.1. The number of benzene rings is 1. The van der Waals surface area contributed by atoms with E-state index in [2.05, 4.69) is 0 Å². The number of carbonyl (C=O) groups excluding carboxylic acids is 2. The molecule has 0 aromatic heterocycles. The van der Waals surface area contributed by atoms with E-state index in [4.69, 9.17) is 5.21 Å². The van der Waals surface area contributed by atoms with E-state index < -0.39 is 5.91 Å². The third kappa shape index (κ3) is 1.67. The van der Waals surface area contributed by atoms with Crippen molar-refractivity contribution in [2.75, 3.05) is 0 Å². The summed E-state index contributed by atoms with van der Waals surface area (Å²) < 4.78 is 0. The van der Waals surface area contributed by atoms with E-state index in [0.717, 1.165) is 0 Å². The molecule has 12 heavy (non-hydrogen) atoms. The Labute approximate surface area is 68.8 Å². The Kier molecular flexibility index (Phi) is 2.55. The summed E-state index contributed by atoms with van der Waals surface area (Å²) in [6.07, 6.45) is 0.633. The predicted octanol–water partition coefficient (Wildman–Crippen LogP) is 0.618. The average molecular weight is 165 g/mol. The number of hydrogen-bond acceptors (Lipinski definition) is 3. The summed E-state index contributed by atoms with van der Waals surface area (Å²) in [5, 5.41) is 8.26. The Morgan fingerprint density at radius 1 is 1.50 bits per heavy atom. The van der Waals surface area contributed by atoms with Gasteiger partial charge < -0.3 is 0 Å². The molecule has 4 heteroatoms. The predicted molar refractivity (Wildman–Crippen MR) is 41.1 cm³/mol. The standard InChI is InChI=1S/C8H7NO3/c10-5-6-2-1-3-7(4-6)8(11)9-12/h1-5,12H,(H,9,11). The topological polar surface area (TPSA) is 66.4 Å². The van der Waals surface area contributed by atoms with Crippen LogP contribution in [-0.2, 0) is 0 Å². The van der Waals surface area contributed by atoms with Crippen molar-refractivity contribution in [3.8, 4) is 0 Å². The van der Waals surface area contributed by atoms with E-state index in [1.807, 2.05) is 0 Å². The van der Waals surface area contributed by atoms with Crippen molar-refractivity contribution in [1.29, 1.82) is 0 Å². The molecule has 0 aliphatic heterocycles. The van der Waals surface area contributed by atoms with Gasteiger partial charge in [-0.15, -0.1) is 0 Å². The maximum atomic E-state index is 10.8. The molecule has 1 amide bonds. The zero-order valence-electron chi connectivity index (χ0n) is 6.15. The molecule has 0 radical (unpaired) electrons. The van der Waals surface area contributed by atoms with Crippen LogP contribution < -0.4 is 5.48 Å².